The maximum absolute atomic E-state index is 10.5. The highest BCUT2D eigenvalue weighted by molar-refractivity contribution is 5.89. The van der Waals surface area contributed by atoms with Crippen LogP contribution in [0.2, 0.25) is 0 Å². The van der Waals surface area contributed by atoms with Gasteiger partial charge in [-0.05, 0) is 24.2 Å². The monoisotopic (exact) mass is 172 g/mol. The summed E-state index contributed by atoms with van der Waals surface area (Å²) in [5.74, 6) is 0. The van der Waals surface area contributed by atoms with Gasteiger partial charge in [0.05, 0.1) is 5.52 Å². The molecule has 3 nitrogen and oxygen atoms in total. The lowest BCUT2D eigenvalue weighted by atomic mass is 10.2. The zero-order valence-corrected chi connectivity index (χ0v) is 7.19. The van der Waals surface area contributed by atoms with Crippen molar-refractivity contribution in [2.45, 2.75) is 6.92 Å². The lowest BCUT2D eigenvalue weighted by Crippen LogP contribution is -1.82. The van der Waals surface area contributed by atoms with Crippen molar-refractivity contribution >= 4 is 16.6 Å². The molecule has 1 aromatic carbocycles. The van der Waals surface area contributed by atoms with Gasteiger partial charge in [-0.25, -0.2) is 0 Å². The van der Waals surface area contributed by atoms with Gasteiger partial charge in [0, 0.05) is 11.1 Å². The van der Waals surface area contributed by atoms with E-state index >= 15 is 0 Å². The molecule has 1 heterocycles. The van der Waals surface area contributed by atoms with Crippen molar-refractivity contribution in [2.75, 3.05) is 0 Å². The summed E-state index contributed by atoms with van der Waals surface area (Å²) in [4.78, 5) is 14.8. The van der Waals surface area contributed by atoms with Crippen molar-refractivity contribution in [3.8, 4) is 0 Å². The van der Waals surface area contributed by atoms with Gasteiger partial charge in [-0.1, -0.05) is 18.2 Å². The fourth-order valence-electron chi connectivity index (χ4n) is 1.36. The predicted molar refractivity (Wildman–Crippen MR) is 51.9 cm³/mol. The van der Waals surface area contributed by atoms with Crippen LogP contribution in [-0.4, -0.2) is 4.98 Å². The van der Waals surface area contributed by atoms with Crippen molar-refractivity contribution in [2.24, 2.45) is 5.18 Å². The maximum atomic E-state index is 10.5. The van der Waals surface area contributed by atoms with Crippen LogP contribution >= 0.6 is 0 Å². The second-order valence-electron chi connectivity index (χ2n) is 2.89. The van der Waals surface area contributed by atoms with Gasteiger partial charge < -0.3 is 0 Å². The van der Waals surface area contributed by atoms with Crippen LogP contribution in [0.4, 0.5) is 5.69 Å². The number of hydrogen-bond acceptors (Lipinski definition) is 3. The Kier molecular flexibility index (Phi) is 1.77. The number of benzene rings is 1. The van der Waals surface area contributed by atoms with Crippen LogP contribution in [0.15, 0.2) is 35.5 Å². The van der Waals surface area contributed by atoms with Crippen LogP contribution < -0.4 is 0 Å². The first-order valence-corrected chi connectivity index (χ1v) is 4.01. The normalized spacial score (nSPS) is 10.2. The molecule has 0 amide bonds. The maximum Gasteiger partial charge on any atom is 0.119 e. The first-order chi connectivity index (χ1) is 6.31. The molecular weight excluding hydrogens is 164 g/mol. The number of hydrogen-bond donors (Lipinski definition) is 0. The van der Waals surface area contributed by atoms with Crippen molar-refractivity contribution in [1.82, 2.24) is 4.98 Å². The van der Waals surface area contributed by atoms with Gasteiger partial charge in [-0.2, -0.15) is 0 Å². The summed E-state index contributed by atoms with van der Waals surface area (Å²) >= 11 is 0. The van der Waals surface area contributed by atoms with E-state index in [9.17, 15) is 4.91 Å². The summed E-state index contributed by atoms with van der Waals surface area (Å²) in [5, 5.41) is 3.78. The van der Waals surface area contributed by atoms with Gasteiger partial charge in [0.15, 0.2) is 0 Å². The molecule has 64 valence electrons. The molecule has 0 aliphatic carbocycles. The number of rotatable bonds is 1. The smallest absolute Gasteiger partial charge is 0.119 e. The molecule has 0 fully saturated rings. The van der Waals surface area contributed by atoms with E-state index < -0.39 is 0 Å². The van der Waals surface area contributed by atoms with E-state index in [0.717, 1.165) is 16.6 Å². The Morgan fingerprint density at radius 1 is 1.31 bits per heavy atom. The number of fused-ring (bicyclic) bond motifs is 1. The molecule has 0 N–H and O–H groups in total. The topological polar surface area (TPSA) is 42.3 Å². The minimum Gasteiger partial charge on any atom is -0.253 e. The second-order valence-corrected chi connectivity index (χ2v) is 2.89. The highest BCUT2D eigenvalue weighted by Crippen LogP contribution is 2.24. The Bertz CT molecular complexity index is 465. The third-order valence-corrected chi connectivity index (χ3v) is 1.92. The molecule has 0 unspecified atom stereocenters. The zero-order chi connectivity index (χ0) is 9.26. The number of para-hydroxylation sites is 1. The van der Waals surface area contributed by atoms with Crippen LogP contribution in [0, 0.1) is 11.8 Å². The van der Waals surface area contributed by atoms with E-state index in [-0.39, 0.29) is 0 Å². The lowest BCUT2D eigenvalue weighted by molar-refractivity contribution is 1.25. The van der Waals surface area contributed by atoms with E-state index in [1.807, 2.05) is 31.2 Å². The summed E-state index contributed by atoms with van der Waals surface area (Å²) in [6.07, 6.45) is 0. The average Bonchev–Trinajstić information content (AvgIpc) is 2.16. The van der Waals surface area contributed by atoms with Crippen molar-refractivity contribution in [3.05, 3.63) is 40.9 Å². The molecule has 0 radical (unpaired) electrons. The Hall–Kier alpha value is -1.77. The summed E-state index contributed by atoms with van der Waals surface area (Å²) < 4.78 is 0. The molecule has 0 saturated carbocycles. The van der Waals surface area contributed by atoms with Crippen molar-refractivity contribution < 1.29 is 0 Å². The van der Waals surface area contributed by atoms with Crippen molar-refractivity contribution in [3.63, 3.8) is 0 Å². The average molecular weight is 172 g/mol. The van der Waals surface area contributed by atoms with Crippen LogP contribution in [0.5, 0.6) is 0 Å². The largest absolute Gasteiger partial charge is 0.253 e. The molecule has 0 aliphatic rings. The van der Waals surface area contributed by atoms with Gasteiger partial charge in [0.25, 0.3) is 0 Å². The second kappa shape index (κ2) is 2.94. The number of nitroso groups, excluding NO2 is 1. The van der Waals surface area contributed by atoms with Crippen LogP contribution in [0.25, 0.3) is 10.9 Å². The highest BCUT2D eigenvalue weighted by atomic mass is 16.3. The zero-order valence-electron chi connectivity index (χ0n) is 7.19. The molecule has 1 aromatic heterocycles. The molecule has 0 saturated heterocycles. The number of aromatic nitrogens is 1. The van der Waals surface area contributed by atoms with Gasteiger partial charge >= 0.3 is 0 Å². The van der Waals surface area contributed by atoms with Crippen molar-refractivity contribution in [1.29, 1.82) is 0 Å². The van der Waals surface area contributed by atoms with Crippen LogP contribution in [0.1, 0.15) is 5.69 Å². The summed E-state index contributed by atoms with van der Waals surface area (Å²) in [5.41, 5.74) is 2.09. The summed E-state index contributed by atoms with van der Waals surface area (Å²) in [6, 6.07) is 9.17. The van der Waals surface area contributed by atoms with Gasteiger partial charge in [-0.3, -0.25) is 4.98 Å². The first kappa shape index (κ1) is 7.86. The lowest BCUT2D eigenvalue weighted by Gasteiger charge is -1.99. The minimum absolute atomic E-state index is 0.461. The van der Waals surface area contributed by atoms with E-state index in [4.69, 9.17) is 0 Å². The van der Waals surface area contributed by atoms with Crippen LogP contribution in [0.3, 0.4) is 0 Å². The van der Waals surface area contributed by atoms with Crippen LogP contribution in [-0.2, 0) is 0 Å². The van der Waals surface area contributed by atoms with Gasteiger partial charge in [-0.15, -0.1) is 4.91 Å². The van der Waals surface area contributed by atoms with E-state index in [0.29, 0.717) is 5.69 Å². The quantitative estimate of drug-likeness (QED) is 0.620. The molecule has 0 atom stereocenters. The van der Waals surface area contributed by atoms with E-state index in [2.05, 4.69) is 10.2 Å². The standard InChI is InChI=1S/C10H8N2O/c1-7-6-10(12-13)8-4-2-3-5-9(8)11-7/h2-6H,1H3. The minimum atomic E-state index is 0.461. The Morgan fingerprint density at radius 2 is 2.08 bits per heavy atom. The summed E-state index contributed by atoms with van der Waals surface area (Å²) in [6.45, 7) is 1.85. The Morgan fingerprint density at radius 3 is 2.85 bits per heavy atom. The fraction of sp³-hybridized carbons (Fsp3) is 0.100. The van der Waals surface area contributed by atoms with E-state index in [1.165, 1.54) is 0 Å². The van der Waals surface area contributed by atoms with Gasteiger partial charge in [0.1, 0.15) is 5.69 Å². The fourth-order valence-corrected chi connectivity index (χ4v) is 1.36. The number of nitrogens with zero attached hydrogens (tertiary/aromatic N) is 2. The highest BCUT2D eigenvalue weighted by Gasteiger charge is 2.02. The molecule has 0 aliphatic heterocycles. The molecule has 13 heavy (non-hydrogen) atoms. The number of aryl methyl sites for hydroxylation is 1. The Balaban J connectivity index is 2.89. The SMILES string of the molecule is Cc1cc(N=O)c2ccccc2n1. The third-order valence-electron chi connectivity index (χ3n) is 1.92. The molecular formula is C10H8N2O. The molecule has 2 aromatic rings. The Labute approximate surface area is 75.4 Å². The molecule has 2 rings (SSSR count). The van der Waals surface area contributed by atoms with Gasteiger partial charge in [0.2, 0.25) is 0 Å². The molecule has 3 heteroatoms. The molecule has 0 spiro atoms. The number of pyridine rings is 1. The molecule has 0 bridgehead atoms. The predicted octanol–water partition coefficient (Wildman–Crippen LogP) is 2.94. The van der Waals surface area contributed by atoms with E-state index in [1.54, 1.807) is 6.07 Å². The third kappa shape index (κ3) is 1.28. The summed E-state index contributed by atoms with van der Waals surface area (Å²) in [7, 11) is 0. The first-order valence-electron chi connectivity index (χ1n) is 4.01.